The molecule has 0 atom stereocenters. The summed E-state index contributed by atoms with van der Waals surface area (Å²) < 4.78 is 31.3. The van der Waals surface area contributed by atoms with Crippen LogP contribution in [0.4, 0.5) is 5.69 Å². The predicted octanol–water partition coefficient (Wildman–Crippen LogP) is 1.63. The van der Waals surface area contributed by atoms with Crippen molar-refractivity contribution < 1.29 is 13.2 Å². The first kappa shape index (κ1) is 14.9. The number of nitrogens with zero attached hydrogens (tertiary/aromatic N) is 1. The van der Waals surface area contributed by atoms with Gasteiger partial charge in [0.25, 0.3) is 0 Å². The van der Waals surface area contributed by atoms with Gasteiger partial charge < -0.3 is 10.5 Å². The summed E-state index contributed by atoms with van der Waals surface area (Å²) in [7, 11) is -3.25. The lowest BCUT2D eigenvalue weighted by molar-refractivity contribution is 0.335. The molecule has 0 amide bonds. The van der Waals surface area contributed by atoms with E-state index in [9.17, 15) is 8.42 Å². The maximum Gasteiger partial charge on any atom is 0.217 e. The molecule has 1 aromatic rings. The standard InChI is InChI=1S/C14H20N2O3S/c1-12-3-2-8-16(11-12)20(17,18)10-9-19-14-6-4-13(15)5-7-14/h3-7H,2,8-11,15H2,1H3. The van der Waals surface area contributed by atoms with Crippen LogP contribution in [0.5, 0.6) is 5.75 Å². The first-order valence-electron chi connectivity index (χ1n) is 6.59. The van der Waals surface area contributed by atoms with Gasteiger partial charge >= 0.3 is 0 Å². The van der Waals surface area contributed by atoms with Crippen molar-refractivity contribution in [3.63, 3.8) is 0 Å². The summed E-state index contributed by atoms with van der Waals surface area (Å²) in [6.07, 6.45) is 2.86. The second-order valence-electron chi connectivity index (χ2n) is 4.91. The van der Waals surface area contributed by atoms with Crippen molar-refractivity contribution >= 4 is 15.7 Å². The van der Waals surface area contributed by atoms with E-state index in [0.717, 1.165) is 12.0 Å². The molecule has 0 radical (unpaired) electrons. The predicted molar refractivity (Wildman–Crippen MR) is 80.1 cm³/mol. The number of nitrogen functional groups attached to an aromatic ring is 1. The molecule has 1 aliphatic rings. The van der Waals surface area contributed by atoms with Gasteiger partial charge in [-0.3, -0.25) is 0 Å². The smallest absolute Gasteiger partial charge is 0.217 e. The monoisotopic (exact) mass is 296 g/mol. The fourth-order valence-electron chi connectivity index (χ4n) is 2.07. The summed E-state index contributed by atoms with van der Waals surface area (Å²) in [5.74, 6) is 0.620. The van der Waals surface area contributed by atoms with Gasteiger partial charge in [0.2, 0.25) is 10.0 Å². The highest BCUT2D eigenvalue weighted by Gasteiger charge is 2.23. The summed E-state index contributed by atoms with van der Waals surface area (Å²) in [5.41, 5.74) is 7.32. The van der Waals surface area contributed by atoms with Crippen molar-refractivity contribution in [2.45, 2.75) is 13.3 Å². The summed E-state index contributed by atoms with van der Waals surface area (Å²) in [6, 6.07) is 6.91. The number of nitrogens with two attached hydrogens (primary N) is 1. The van der Waals surface area contributed by atoms with Gasteiger partial charge in [-0.25, -0.2) is 8.42 Å². The SMILES string of the molecule is CC1=CCCN(S(=O)(=O)CCOc2ccc(N)cc2)C1. The minimum absolute atomic E-state index is 0.00927. The minimum atomic E-state index is -3.25. The second-order valence-corrected chi connectivity index (χ2v) is 6.99. The van der Waals surface area contributed by atoms with Crippen LogP contribution in [-0.2, 0) is 10.0 Å². The number of ether oxygens (including phenoxy) is 1. The first-order valence-corrected chi connectivity index (χ1v) is 8.20. The minimum Gasteiger partial charge on any atom is -0.492 e. The van der Waals surface area contributed by atoms with E-state index in [1.165, 1.54) is 4.31 Å². The Balaban J connectivity index is 1.86. The third-order valence-electron chi connectivity index (χ3n) is 3.18. The van der Waals surface area contributed by atoms with Crippen LogP contribution in [0.3, 0.4) is 0 Å². The van der Waals surface area contributed by atoms with Gasteiger partial charge in [0, 0.05) is 18.8 Å². The Morgan fingerprint density at radius 3 is 2.65 bits per heavy atom. The van der Waals surface area contributed by atoms with Gasteiger partial charge in [0.1, 0.15) is 12.4 Å². The Bertz CT molecular complexity index is 579. The zero-order valence-electron chi connectivity index (χ0n) is 11.6. The molecule has 0 aromatic heterocycles. The summed E-state index contributed by atoms with van der Waals surface area (Å²) >= 11 is 0. The quantitative estimate of drug-likeness (QED) is 0.662. The lowest BCUT2D eigenvalue weighted by Crippen LogP contribution is -2.38. The van der Waals surface area contributed by atoms with Gasteiger partial charge in [-0.15, -0.1) is 0 Å². The number of hydrogen-bond acceptors (Lipinski definition) is 4. The van der Waals surface area contributed by atoms with Crippen molar-refractivity contribution in [1.82, 2.24) is 4.31 Å². The Labute approximate surface area is 120 Å². The number of hydrogen-bond donors (Lipinski definition) is 1. The second kappa shape index (κ2) is 6.28. The van der Waals surface area contributed by atoms with Crippen LogP contribution in [0.25, 0.3) is 0 Å². The molecule has 0 spiro atoms. The van der Waals surface area contributed by atoms with Crippen molar-refractivity contribution in [1.29, 1.82) is 0 Å². The number of anilines is 1. The van der Waals surface area contributed by atoms with Crippen molar-refractivity contribution in [3.8, 4) is 5.75 Å². The summed E-state index contributed by atoms with van der Waals surface area (Å²) in [4.78, 5) is 0. The molecule has 0 fully saturated rings. The molecule has 0 unspecified atom stereocenters. The van der Waals surface area contributed by atoms with E-state index in [-0.39, 0.29) is 12.4 Å². The van der Waals surface area contributed by atoms with Crippen molar-refractivity contribution in [2.24, 2.45) is 0 Å². The molecule has 20 heavy (non-hydrogen) atoms. The van der Waals surface area contributed by atoms with E-state index in [4.69, 9.17) is 10.5 Å². The molecule has 0 aliphatic carbocycles. The molecule has 0 saturated heterocycles. The fraction of sp³-hybridized carbons (Fsp3) is 0.429. The van der Waals surface area contributed by atoms with E-state index >= 15 is 0 Å². The molecule has 110 valence electrons. The van der Waals surface area contributed by atoms with Crippen LogP contribution in [-0.4, -0.2) is 38.2 Å². The van der Waals surface area contributed by atoms with Gasteiger partial charge in [-0.2, -0.15) is 4.31 Å². The highest BCUT2D eigenvalue weighted by molar-refractivity contribution is 7.89. The van der Waals surface area contributed by atoms with Crippen LogP contribution in [0.15, 0.2) is 35.9 Å². The largest absolute Gasteiger partial charge is 0.492 e. The van der Waals surface area contributed by atoms with E-state index in [1.807, 2.05) is 6.92 Å². The third kappa shape index (κ3) is 3.98. The Morgan fingerprint density at radius 2 is 2.00 bits per heavy atom. The van der Waals surface area contributed by atoms with Crippen LogP contribution >= 0.6 is 0 Å². The summed E-state index contributed by atoms with van der Waals surface area (Å²) in [5, 5.41) is 0. The molecule has 2 N–H and O–H groups in total. The van der Waals surface area contributed by atoms with Crippen LogP contribution in [0.2, 0.25) is 0 Å². The Kier molecular flexibility index (Phi) is 4.67. The topological polar surface area (TPSA) is 72.6 Å². The summed E-state index contributed by atoms with van der Waals surface area (Å²) in [6.45, 7) is 3.14. The number of sulfonamides is 1. The zero-order valence-corrected chi connectivity index (χ0v) is 12.4. The normalized spacial score (nSPS) is 16.8. The van der Waals surface area contributed by atoms with Crippen LogP contribution in [0.1, 0.15) is 13.3 Å². The molecule has 1 heterocycles. The maximum absolute atomic E-state index is 12.2. The van der Waals surface area contributed by atoms with Gasteiger partial charge in [-0.05, 0) is 37.6 Å². The first-order chi connectivity index (χ1) is 9.47. The maximum atomic E-state index is 12.2. The molecular weight excluding hydrogens is 276 g/mol. The molecule has 2 rings (SSSR count). The highest BCUT2D eigenvalue weighted by atomic mass is 32.2. The van der Waals surface area contributed by atoms with Crippen LogP contribution in [0, 0.1) is 0 Å². The van der Waals surface area contributed by atoms with Crippen LogP contribution < -0.4 is 10.5 Å². The zero-order chi connectivity index (χ0) is 14.6. The molecule has 1 aromatic carbocycles. The average molecular weight is 296 g/mol. The molecule has 6 heteroatoms. The Morgan fingerprint density at radius 1 is 1.30 bits per heavy atom. The third-order valence-corrected chi connectivity index (χ3v) is 4.96. The van der Waals surface area contributed by atoms with Gasteiger partial charge in [0.05, 0.1) is 5.75 Å². The fourth-order valence-corrected chi connectivity index (χ4v) is 3.41. The van der Waals surface area contributed by atoms with Crippen molar-refractivity contribution in [3.05, 3.63) is 35.9 Å². The molecule has 0 bridgehead atoms. The van der Waals surface area contributed by atoms with Gasteiger partial charge in [0.15, 0.2) is 0 Å². The van der Waals surface area contributed by atoms with E-state index < -0.39 is 10.0 Å². The lowest BCUT2D eigenvalue weighted by atomic mass is 10.2. The van der Waals surface area contributed by atoms with E-state index in [0.29, 0.717) is 24.5 Å². The lowest BCUT2D eigenvalue weighted by Gasteiger charge is -2.25. The van der Waals surface area contributed by atoms with Gasteiger partial charge in [-0.1, -0.05) is 11.6 Å². The molecular formula is C14H20N2O3S. The van der Waals surface area contributed by atoms with E-state index in [1.54, 1.807) is 24.3 Å². The van der Waals surface area contributed by atoms with Crippen molar-refractivity contribution in [2.75, 3.05) is 31.2 Å². The molecule has 5 nitrogen and oxygen atoms in total. The van der Waals surface area contributed by atoms with E-state index in [2.05, 4.69) is 6.08 Å². The molecule has 0 saturated carbocycles. The Hall–Kier alpha value is -1.53. The molecule has 1 aliphatic heterocycles. The number of rotatable bonds is 5. The average Bonchev–Trinajstić information content (AvgIpc) is 2.41. The number of benzene rings is 1. The highest BCUT2D eigenvalue weighted by Crippen LogP contribution is 2.15.